The van der Waals surface area contributed by atoms with Crippen LogP contribution < -0.4 is 5.32 Å². The Bertz CT molecular complexity index is 768. The minimum Gasteiger partial charge on any atom is -0.313 e. The number of nitrogens with zero attached hydrogens (tertiary/aromatic N) is 1. The normalized spacial score (nSPS) is 11.0. The van der Waals surface area contributed by atoms with Crippen molar-refractivity contribution in [2.75, 3.05) is 6.54 Å². The van der Waals surface area contributed by atoms with Crippen LogP contribution >= 0.6 is 11.6 Å². The van der Waals surface area contributed by atoms with Crippen molar-refractivity contribution in [2.24, 2.45) is 0 Å². The molecule has 1 aromatic heterocycles. The van der Waals surface area contributed by atoms with Gasteiger partial charge in [0.2, 0.25) is 0 Å². The fraction of sp³-hybridized carbons (Fsp3) is 0.167. The summed E-state index contributed by atoms with van der Waals surface area (Å²) in [5.41, 5.74) is 4.27. The van der Waals surface area contributed by atoms with Crippen LogP contribution in [0.2, 0.25) is 5.02 Å². The third-order valence-electron chi connectivity index (χ3n) is 3.51. The Morgan fingerprint density at radius 1 is 1.05 bits per heavy atom. The van der Waals surface area contributed by atoms with E-state index in [1.165, 1.54) is 5.56 Å². The smallest absolute Gasteiger partial charge is 0.0713 e. The van der Waals surface area contributed by atoms with Gasteiger partial charge in [-0.1, -0.05) is 48.9 Å². The first-order valence-corrected chi connectivity index (χ1v) is 7.51. The highest BCUT2D eigenvalue weighted by molar-refractivity contribution is 6.30. The van der Waals surface area contributed by atoms with E-state index in [2.05, 4.69) is 36.5 Å². The summed E-state index contributed by atoms with van der Waals surface area (Å²) in [7, 11) is 0. The van der Waals surface area contributed by atoms with Crippen LogP contribution in [0.15, 0.2) is 54.6 Å². The molecule has 2 aromatic carbocycles. The molecule has 0 atom stereocenters. The lowest BCUT2D eigenvalue weighted by Gasteiger charge is -2.11. The zero-order chi connectivity index (χ0) is 14.7. The minimum absolute atomic E-state index is 0.736. The van der Waals surface area contributed by atoms with Gasteiger partial charge in [0, 0.05) is 22.5 Å². The maximum atomic E-state index is 6.17. The van der Waals surface area contributed by atoms with Crippen molar-refractivity contribution in [2.45, 2.75) is 13.5 Å². The fourth-order valence-corrected chi connectivity index (χ4v) is 2.59. The van der Waals surface area contributed by atoms with Crippen molar-refractivity contribution < 1.29 is 0 Å². The number of para-hydroxylation sites is 1. The third-order valence-corrected chi connectivity index (χ3v) is 3.75. The lowest BCUT2D eigenvalue weighted by Crippen LogP contribution is -2.12. The van der Waals surface area contributed by atoms with E-state index in [0.29, 0.717) is 0 Å². The van der Waals surface area contributed by atoms with E-state index < -0.39 is 0 Å². The quantitative estimate of drug-likeness (QED) is 0.757. The van der Waals surface area contributed by atoms with E-state index >= 15 is 0 Å². The Morgan fingerprint density at radius 3 is 2.76 bits per heavy atom. The molecule has 0 amide bonds. The van der Waals surface area contributed by atoms with Gasteiger partial charge in [0.05, 0.1) is 11.2 Å². The van der Waals surface area contributed by atoms with Crippen LogP contribution in [0.4, 0.5) is 0 Å². The molecule has 1 N–H and O–H groups in total. The average molecular weight is 297 g/mol. The highest BCUT2D eigenvalue weighted by Gasteiger charge is 2.08. The van der Waals surface area contributed by atoms with Crippen LogP contribution in [0.5, 0.6) is 0 Å². The van der Waals surface area contributed by atoms with Crippen molar-refractivity contribution in [3.8, 4) is 11.3 Å². The topological polar surface area (TPSA) is 24.9 Å². The molecular weight excluding hydrogens is 280 g/mol. The summed E-state index contributed by atoms with van der Waals surface area (Å²) in [6.45, 7) is 3.86. The Kier molecular flexibility index (Phi) is 4.18. The molecule has 0 unspecified atom stereocenters. The van der Waals surface area contributed by atoms with Crippen LogP contribution in [0, 0.1) is 0 Å². The molecule has 0 spiro atoms. The number of hydrogen-bond donors (Lipinski definition) is 1. The van der Waals surface area contributed by atoms with E-state index in [9.17, 15) is 0 Å². The molecular formula is C18H17ClN2. The molecule has 0 radical (unpaired) electrons. The van der Waals surface area contributed by atoms with Gasteiger partial charge < -0.3 is 5.32 Å². The molecule has 0 bridgehead atoms. The Morgan fingerprint density at radius 2 is 1.90 bits per heavy atom. The van der Waals surface area contributed by atoms with Crippen LogP contribution in [0.25, 0.3) is 22.2 Å². The first kappa shape index (κ1) is 14.1. The van der Waals surface area contributed by atoms with Gasteiger partial charge in [-0.15, -0.1) is 0 Å². The van der Waals surface area contributed by atoms with Crippen LogP contribution in [-0.2, 0) is 6.54 Å². The van der Waals surface area contributed by atoms with Gasteiger partial charge in [0.1, 0.15) is 0 Å². The summed E-state index contributed by atoms with van der Waals surface area (Å²) >= 11 is 6.17. The lowest BCUT2D eigenvalue weighted by atomic mass is 10.0. The fourth-order valence-electron chi connectivity index (χ4n) is 2.42. The highest BCUT2D eigenvalue weighted by Crippen LogP contribution is 2.27. The van der Waals surface area contributed by atoms with Crippen LogP contribution in [0.1, 0.15) is 12.5 Å². The van der Waals surface area contributed by atoms with E-state index in [4.69, 9.17) is 16.6 Å². The summed E-state index contributed by atoms with van der Waals surface area (Å²) in [6, 6.07) is 18.3. The number of pyridine rings is 1. The minimum atomic E-state index is 0.736. The SMILES string of the molecule is CCNCc1ccc(Cl)cc1-c1ccc2ccccc2n1. The van der Waals surface area contributed by atoms with Crippen molar-refractivity contribution in [3.63, 3.8) is 0 Å². The second kappa shape index (κ2) is 6.25. The molecule has 3 heteroatoms. The summed E-state index contributed by atoms with van der Waals surface area (Å²) < 4.78 is 0. The van der Waals surface area contributed by atoms with Crippen molar-refractivity contribution in [3.05, 3.63) is 65.2 Å². The standard InChI is InChI=1S/C18H17ClN2/c1-2-20-12-14-7-9-15(19)11-16(14)18-10-8-13-5-3-4-6-17(13)21-18/h3-11,20H,2,12H2,1H3. The number of aromatic nitrogens is 1. The maximum absolute atomic E-state index is 6.17. The van der Waals surface area contributed by atoms with Gasteiger partial charge in [-0.2, -0.15) is 0 Å². The number of fused-ring (bicyclic) bond motifs is 1. The Hall–Kier alpha value is -1.90. The molecule has 0 saturated carbocycles. The number of benzene rings is 2. The highest BCUT2D eigenvalue weighted by atomic mass is 35.5. The van der Waals surface area contributed by atoms with Gasteiger partial charge >= 0.3 is 0 Å². The number of halogens is 1. The van der Waals surface area contributed by atoms with Gasteiger partial charge in [-0.3, -0.25) is 0 Å². The third kappa shape index (κ3) is 3.07. The Balaban J connectivity index is 2.09. The molecule has 2 nitrogen and oxygen atoms in total. The van der Waals surface area contributed by atoms with Crippen molar-refractivity contribution in [1.29, 1.82) is 0 Å². The predicted octanol–water partition coefficient (Wildman–Crippen LogP) is 4.66. The van der Waals surface area contributed by atoms with E-state index in [-0.39, 0.29) is 0 Å². The molecule has 3 rings (SSSR count). The number of hydrogen-bond acceptors (Lipinski definition) is 2. The van der Waals surface area contributed by atoms with Crippen molar-refractivity contribution >= 4 is 22.5 Å². The predicted molar refractivity (Wildman–Crippen MR) is 89.6 cm³/mol. The van der Waals surface area contributed by atoms with Gasteiger partial charge in [0.25, 0.3) is 0 Å². The second-order valence-electron chi connectivity index (χ2n) is 4.97. The molecule has 21 heavy (non-hydrogen) atoms. The second-order valence-corrected chi connectivity index (χ2v) is 5.41. The van der Waals surface area contributed by atoms with E-state index in [1.54, 1.807) is 0 Å². The molecule has 0 fully saturated rings. The van der Waals surface area contributed by atoms with Crippen LogP contribution in [-0.4, -0.2) is 11.5 Å². The molecule has 0 aliphatic carbocycles. The van der Waals surface area contributed by atoms with Crippen LogP contribution in [0.3, 0.4) is 0 Å². The average Bonchev–Trinajstić information content (AvgIpc) is 2.53. The summed E-state index contributed by atoms with van der Waals surface area (Å²) in [5, 5.41) is 5.25. The number of rotatable bonds is 4. The zero-order valence-corrected chi connectivity index (χ0v) is 12.7. The van der Waals surface area contributed by atoms with E-state index in [1.807, 2.05) is 30.3 Å². The lowest BCUT2D eigenvalue weighted by molar-refractivity contribution is 0.728. The monoisotopic (exact) mass is 296 g/mol. The van der Waals surface area contributed by atoms with Crippen molar-refractivity contribution in [1.82, 2.24) is 10.3 Å². The molecule has 1 heterocycles. The van der Waals surface area contributed by atoms with E-state index in [0.717, 1.165) is 40.3 Å². The molecule has 106 valence electrons. The summed E-state index contributed by atoms with van der Waals surface area (Å²) in [6.07, 6.45) is 0. The molecule has 0 saturated heterocycles. The number of nitrogens with one attached hydrogen (secondary N) is 1. The summed E-state index contributed by atoms with van der Waals surface area (Å²) in [4.78, 5) is 4.77. The molecule has 0 aliphatic heterocycles. The zero-order valence-electron chi connectivity index (χ0n) is 11.9. The summed E-state index contributed by atoms with van der Waals surface area (Å²) in [5.74, 6) is 0. The van der Waals surface area contributed by atoms with Gasteiger partial charge in [0.15, 0.2) is 0 Å². The Labute approximate surface area is 129 Å². The van der Waals surface area contributed by atoms with Gasteiger partial charge in [-0.25, -0.2) is 4.98 Å². The molecule has 3 aromatic rings. The first-order valence-electron chi connectivity index (χ1n) is 7.13. The van der Waals surface area contributed by atoms with Gasteiger partial charge in [-0.05, 0) is 36.4 Å². The maximum Gasteiger partial charge on any atom is 0.0713 e. The first-order chi connectivity index (χ1) is 10.3. The molecule has 0 aliphatic rings. The largest absolute Gasteiger partial charge is 0.313 e.